The van der Waals surface area contributed by atoms with Crippen molar-refractivity contribution in [1.29, 1.82) is 0 Å². The third kappa shape index (κ3) is 5.06. The Bertz CT molecular complexity index is 1330. The average Bonchev–Trinajstić information content (AvgIpc) is 2.83. The van der Waals surface area contributed by atoms with Crippen LogP contribution in [0.3, 0.4) is 0 Å². The Labute approximate surface area is 192 Å². The molecular weight excluding hydrogens is 450 g/mol. The molecule has 0 radical (unpaired) electrons. The summed E-state index contributed by atoms with van der Waals surface area (Å²) in [6.45, 7) is 0.00750. The predicted octanol–water partition coefficient (Wildman–Crippen LogP) is 6.85. The molecule has 1 heterocycles. The second-order valence-corrected chi connectivity index (χ2v) is 7.40. The summed E-state index contributed by atoms with van der Waals surface area (Å²) in [4.78, 5) is 15.6. The minimum atomic E-state index is -4.58. The molecule has 172 valence electrons. The third-order valence-electron chi connectivity index (χ3n) is 5.11. The van der Waals surface area contributed by atoms with E-state index in [1.54, 1.807) is 24.3 Å². The van der Waals surface area contributed by atoms with Gasteiger partial charge in [-0.15, -0.1) is 0 Å². The minimum Gasteiger partial charge on any atom is -0.488 e. The number of halogens is 4. The molecule has 0 bridgehead atoms. The lowest BCUT2D eigenvalue weighted by Gasteiger charge is -2.17. The van der Waals surface area contributed by atoms with E-state index in [9.17, 15) is 27.5 Å². The van der Waals surface area contributed by atoms with Crippen molar-refractivity contribution in [3.63, 3.8) is 0 Å². The first-order chi connectivity index (χ1) is 16.2. The molecule has 0 amide bonds. The van der Waals surface area contributed by atoms with Gasteiger partial charge in [-0.1, -0.05) is 36.4 Å². The highest BCUT2D eigenvalue weighted by atomic mass is 19.4. The Balaban J connectivity index is 1.82. The Morgan fingerprint density at radius 3 is 2.26 bits per heavy atom. The van der Waals surface area contributed by atoms with Gasteiger partial charge in [0.15, 0.2) is 0 Å². The Morgan fingerprint density at radius 2 is 1.59 bits per heavy atom. The molecule has 4 aromatic rings. The van der Waals surface area contributed by atoms with Crippen molar-refractivity contribution in [2.75, 3.05) is 0 Å². The fourth-order valence-corrected chi connectivity index (χ4v) is 3.44. The fraction of sp³-hybridized carbons (Fsp3) is 0.0769. The van der Waals surface area contributed by atoms with E-state index >= 15 is 0 Å². The molecule has 1 aromatic heterocycles. The monoisotopic (exact) mass is 467 g/mol. The van der Waals surface area contributed by atoms with Gasteiger partial charge in [0, 0.05) is 17.3 Å². The first kappa shape index (κ1) is 23.0. The van der Waals surface area contributed by atoms with E-state index in [0.717, 1.165) is 12.1 Å². The van der Waals surface area contributed by atoms with Gasteiger partial charge in [-0.2, -0.15) is 13.2 Å². The molecule has 0 aliphatic heterocycles. The number of aromatic carboxylic acids is 1. The van der Waals surface area contributed by atoms with E-state index in [-0.39, 0.29) is 29.2 Å². The highest BCUT2D eigenvalue weighted by Crippen LogP contribution is 2.41. The number of nitrogens with zero attached hydrogens (tertiary/aromatic N) is 1. The summed E-state index contributed by atoms with van der Waals surface area (Å²) < 4.78 is 59.6. The van der Waals surface area contributed by atoms with Crippen LogP contribution < -0.4 is 4.74 Å². The van der Waals surface area contributed by atoms with Crippen LogP contribution in [0.4, 0.5) is 17.6 Å². The van der Waals surface area contributed by atoms with Crippen molar-refractivity contribution in [1.82, 2.24) is 4.98 Å². The summed E-state index contributed by atoms with van der Waals surface area (Å²) in [5.74, 6) is -1.38. The molecule has 3 aromatic carbocycles. The number of aromatic nitrogens is 1. The summed E-state index contributed by atoms with van der Waals surface area (Å²) in [5, 5.41) is 9.31. The van der Waals surface area contributed by atoms with Crippen LogP contribution in [0.15, 0.2) is 85.1 Å². The maximum Gasteiger partial charge on any atom is 0.416 e. The summed E-state index contributed by atoms with van der Waals surface area (Å²) in [5.41, 5.74) is 1.05. The van der Waals surface area contributed by atoms with Gasteiger partial charge in [-0.3, -0.25) is 4.98 Å². The highest BCUT2D eigenvalue weighted by Gasteiger charge is 2.31. The van der Waals surface area contributed by atoms with Gasteiger partial charge >= 0.3 is 12.1 Å². The van der Waals surface area contributed by atoms with Gasteiger partial charge in [-0.25, -0.2) is 9.18 Å². The molecule has 8 heteroatoms. The van der Waals surface area contributed by atoms with E-state index in [4.69, 9.17) is 4.74 Å². The van der Waals surface area contributed by atoms with Gasteiger partial charge in [-0.05, 0) is 53.6 Å². The summed E-state index contributed by atoms with van der Waals surface area (Å²) in [6, 6.07) is 18.0. The number of carbonyl (C=O) groups is 1. The zero-order chi connectivity index (χ0) is 24.3. The molecular formula is C26H17F4NO3. The zero-order valence-electron chi connectivity index (χ0n) is 17.5. The Morgan fingerprint density at radius 1 is 0.882 bits per heavy atom. The SMILES string of the molecule is O=C(O)c1ccnc(-c2ccccc2-c2cc(C(F)(F)F)ccc2OCc2ccc(F)cc2)c1. The lowest BCUT2D eigenvalue weighted by atomic mass is 9.94. The van der Waals surface area contributed by atoms with Crippen molar-refractivity contribution in [3.05, 3.63) is 108 Å². The Kier molecular flexibility index (Phi) is 6.32. The molecule has 0 aliphatic rings. The summed E-state index contributed by atoms with van der Waals surface area (Å²) >= 11 is 0. The molecule has 0 unspecified atom stereocenters. The predicted molar refractivity (Wildman–Crippen MR) is 118 cm³/mol. The number of hydrogen-bond donors (Lipinski definition) is 1. The molecule has 34 heavy (non-hydrogen) atoms. The number of ether oxygens (including phenoxy) is 1. The van der Waals surface area contributed by atoms with Crippen molar-refractivity contribution in [3.8, 4) is 28.1 Å². The number of alkyl halides is 3. The molecule has 1 N–H and O–H groups in total. The van der Waals surface area contributed by atoms with Crippen LogP contribution >= 0.6 is 0 Å². The number of carboxylic acid groups (broad SMARTS) is 1. The van der Waals surface area contributed by atoms with Crippen LogP contribution in [0.1, 0.15) is 21.5 Å². The topological polar surface area (TPSA) is 59.4 Å². The van der Waals surface area contributed by atoms with Gasteiger partial charge in [0.2, 0.25) is 0 Å². The van der Waals surface area contributed by atoms with Gasteiger partial charge in [0.1, 0.15) is 18.2 Å². The summed E-state index contributed by atoms with van der Waals surface area (Å²) in [7, 11) is 0. The van der Waals surface area contributed by atoms with E-state index in [2.05, 4.69) is 4.98 Å². The van der Waals surface area contributed by atoms with Crippen LogP contribution in [0.5, 0.6) is 5.75 Å². The lowest BCUT2D eigenvalue weighted by Crippen LogP contribution is -2.06. The third-order valence-corrected chi connectivity index (χ3v) is 5.11. The normalized spacial score (nSPS) is 11.3. The largest absolute Gasteiger partial charge is 0.488 e. The van der Waals surface area contributed by atoms with Crippen molar-refractivity contribution >= 4 is 5.97 Å². The van der Waals surface area contributed by atoms with E-state index in [1.807, 2.05) is 0 Å². The standard InChI is InChI=1S/C26H17F4NO3/c27-19-8-5-16(6-9-19)15-34-24-10-7-18(26(28,29)30)14-22(24)20-3-1-2-4-21(20)23-13-17(25(32)33)11-12-31-23/h1-14H,15H2,(H,32,33). The number of benzene rings is 3. The minimum absolute atomic E-state index is 0.00312. The van der Waals surface area contributed by atoms with E-state index in [0.29, 0.717) is 16.7 Å². The lowest BCUT2D eigenvalue weighted by molar-refractivity contribution is -0.137. The molecule has 0 saturated heterocycles. The summed E-state index contributed by atoms with van der Waals surface area (Å²) in [6.07, 6.45) is -3.26. The smallest absolute Gasteiger partial charge is 0.416 e. The first-order valence-corrected chi connectivity index (χ1v) is 10.1. The maximum atomic E-state index is 13.5. The second-order valence-electron chi connectivity index (χ2n) is 7.40. The number of carboxylic acids is 1. The van der Waals surface area contributed by atoms with Gasteiger partial charge in [0.25, 0.3) is 0 Å². The maximum absolute atomic E-state index is 13.5. The van der Waals surface area contributed by atoms with Gasteiger partial charge < -0.3 is 9.84 Å². The van der Waals surface area contributed by atoms with Crippen molar-refractivity contribution in [2.24, 2.45) is 0 Å². The number of rotatable bonds is 6. The average molecular weight is 467 g/mol. The quantitative estimate of drug-likeness (QED) is 0.315. The molecule has 4 rings (SSSR count). The van der Waals surface area contributed by atoms with Crippen LogP contribution in [0, 0.1) is 5.82 Å². The fourth-order valence-electron chi connectivity index (χ4n) is 3.44. The molecule has 0 fully saturated rings. The highest BCUT2D eigenvalue weighted by molar-refractivity contribution is 5.91. The van der Waals surface area contributed by atoms with E-state index in [1.165, 1.54) is 48.7 Å². The number of hydrogen-bond acceptors (Lipinski definition) is 3. The first-order valence-electron chi connectivity index (χ1n) is 10.1. The molecule has 4 nitrogen and oxygen atoms in total. The molecule has 0 saturated carbocycles. The zero-order valence-corrected chi connectivity index (χ0v) is 17.5. The number of pyridine rings is 1. The van der Waals surface area contributed by atoms with Crippen LogP contribution in [0.2, 0.25) is 0 Å². The Hall–Kier alpha value is -4.20. The molecule has 0 aliphatic carbocycles. The van der Waals surface area contributed by atoms with Crippen molar-refractivity contribution in [2.45, 2.75) is 12.8 Å². The van der Waals surface area contributed by atoms with Crippen molar-refractivity contribution < 1.29 is 32.2 Å². The second kappa shape index (κ2) is 9.35. The van der Waals surface area contributed by atoms with Gasteiger partial charge in [0.05, 0.1) is 16.8 Å². The van der Waals surface area contributed by atoms with Crippen LogP contribution in [-0.2, 0) is 12.8 Å². The van der Waals surface area contributed by atoms with Crippen LogP contribution in [0.25, 0.3) is 22.4 Å². The molecule has 0 spiro atoms. The van der Waals surface area contributed by atoms with Crippen LogP contribution in [-0.4, -0.2) is 16.1 Å². The molecule has 0 atom stereocenters. The van der Waals surface area contributed by atoms with E-state index < -0.39 is 23.5 Å².